The Balaban J connectivity index is 1.53. The molecule has 8 nitrogen and oxygen atoms in total. The number of aliphatic carboxylic acids is 1. The second kappa shape index (κ2) is 8.17. The number of fused-ring (bicyclic) bond motifs is 5. The summed E-state index contributed by atoms with van der Waals surface area (Å²) in [6.07, 6.45) is 6.27. The van der Waals surface area contributed by atoms with Gasteiger partial charge >= 0.3 is 11.9 Å². The van der Waals surface area contributed by atoms with Gasteiger partial charge in [0.1, 0.15) is 5.60 Å². The molecule has 0 aliphatic heterocycles. The van der Waals surface area contributed by atoms with Crippen LogP contribution in [0.1, 0.15) is 58.8 Å². The van der Waals surface area contributed by atoms with E-state index in [1.54, 1.807) is 12.2 Å². The lowest BCUT2D eigenvalue weighted by atomic mass is 9.46. The van der Waals surface area contributed by atoms with Crippen LogP contribution in [0.25, 0.3) is 0 Å². The van der Waals surface area contributed by atoms with Gasteiger partial charge in [0, 0.05) is 16.7 Å². The van der Waals surface area contributed by atoms with Crippen molar-refractivity contribution < 1.29 is 39.2 Å². The molecule has 4 aliphatic carbocycles. The minimum atomic E-state index is -1.73. The quantitative estimate of drug-likeness (QED) is 0.512. The van der Waals surface area contributed by atoms with E-state index in [0.717, 1.165) is 18.4 Å². The van der Waals surface area contributed by atoms with E-state index in [-0.39, 0.29) is 49.2 Å². The van der Waals surface area contributed by atoms with Crippen LogP contribution in [-0.4, -0.2) is 57.1 Å². The number of carbonyl (C=O) groups excluding carboxylic acids is 3. The molecule has 0 saturated heterocycles. The van der Waals surface area contributed by atoms with Gasteiger partial charge in [-0.05, 0) is 56.1 Å². The van der Waals surface area contributed by atoms with Gasteiger partial charge < -0.3 is 20.1 Å². The average molecular weight is 461 g/mol. The lowest BCUT2D eigenvalue weighted by Gasteiger charge is -2.59. The number of carboxylic acids is 1. The Hall–Kier alpha value is -2.32. The summed E-state index contributed by atoms with van der Waals surface area (Å²) in [6, 6.07) is 0. The maximum Gasteiger partial charge on any atom is 0.306 e. The molecule has 0 spiro atoms. The van der Waals surface area contributed by atoms with Crippen molar-refractivity contribution in [2.45, 2.75) is 70.5 Å². The molecule has 0 aromatic rings. The van der Waals surface area contributed by atoms with E-state index in [0.29, 0.717) is 6.42 Å². The number of esters is 1. The highest BCUT2D eigenvalue weighted by Crippen LogP contribution is 2.67. The fourth-order valence-corrected chi connectivity index (χ4v) is 7.34. The number of ether oxygens (including phenoxy) is 1. The van der Waals surface area contributed by atoms with Crippen molar-refractivity contribution in [3.8, 4) is 0 Å². The van der Waals surface area contributed by atoms with Crippen LogP contribution < -0.4 is 0 Å². The van der Waals surface area contributed by atoms with Crippen LogP contribution in [0, 0.1) is 28.6 Å². The molecule has 4 aliphatic rings. The molecule has 8 heteroatoms. The average Bonchev–Trinajstić information content (AvgIpc) is 3.02. The third-order valence-corrected chi connectivity index (χ3v) is 9.02. The summed E-state index contributed by atoms with van der Waals surface area (Å²) < 4.78 is 4.96. The van der Waals surface area contributed by atoms with E-state index in [1.165, 1.54) is 0 Å². The van der Waals surface area contributed by atoms with Crippen LogP contribution in [0.2, 0.25) is 0 Å². The molecule has 3 fully saturated rings. The van der Waals surface area contributed by atoms with Crippen LogP contribution in [-0.2, 0) is 23.9 Å². The van der Waals surface area contributed by atoms with Gasteiger partial charge in [0.05, 0.1) is 18.9 Å². The third-order valence-electron chi connectivity index (χ3n) is 9.02. The number of hydrogen-bond donors (Lipinski definition) is 3. The molecule has 4 rings (SSSR count). The molecule has 33 heavy (non-hydrogen) atoms. The Bertz CT molecular complexity index is 950. The molecule has 0 aromatic carbocycles. The molecule has 7 atom stereocenters. The second-order valence-corrected chi connectivity index (χ2v) is 10.6. The van der Waals surface area contributed by atoms with Crippen LogP contribution in [0.3, 0.4) is 0 Å². The lowest BCUT2D eigenvalue weighted by Crippen LogP contribution is -2.61. The van der Waals surface area contributed by atoms with Gasteiger partial charge in [0.15, 0.2) is 12.4 Å². The number of aliphatic hydroxyl groups is 2. The topological polar surface area (TPSA) is 138 Å². The van der Waals surface area contributed by atoms with Crippen molar-refractivity contribution in [2.75, 3.05) is 6.61 Å². The van der Waals surface area contributed by atoms with E-state index in [1.807, 2.05) is 13.0 Å². The predicted octanol–water partition coefficient (Wildman–Crippen LogP) is 1.97. The largest absolute Gasteiger partial charge is 0.481 e. The van der Waals surface area contributed by atoms with Gasteiger partial charge in [0.2, 0.25) is 5.78 Å². The van der Waals surface area contributed by atoms with Gasteiger partial charge in [-0.3, -0.25) is 19.2 Å². The van der Waals surface area contributed by atoms with Crippen molar-refractivity contribution in [3.63, 3.8) is 0 Å². The van der Waals surface area contributed by atoms with Crippen LogP contribution in [0.4, 0.5) is 0 Å². The maximum atomic E-state index is 13.1. The van der Waals surface area contributed by atoms with Crippen LogP contribution >= 0.6 is 0 Å². The zero-order chi connectivity index (χ0) is 24.2. The first kappa shape index (κ1) is 23.8. The summed E-state index contributed by atoms with van der Waals surface area (Å²) in [5, 5.41) is 31.6. The summed E-state index contributed by atoms with van der Waals surface area (Å²) >= 11 is 0. The second-order valence-electron chi connectivity index (χ2n) is 10.6. The van der Waals surface area contributed by atoms with Gasteiger partial charge in [-0.1, -0.05) is 25.5 Å². The molecule has 180 valence electrons. The zero-order valence-corrected chi connectivity index (χ0v) is 19.1. The van der Waals surface area contributed by atoms with E-state index in [2.05, 4.69) is 6.92 Å². The first-order valence-corrected chi connectivity index (χ1v) is 11.7. The standard InChI is InChI=1S/C25H32O8/c1-23-9-7-15(26)11-14(23)3-4-16-17-8-10-25(32,24(17,2)12-18(27)22(16)23)19(28)13-33-21(31)6-5-20(29)30/h7,9,11,16-18,22,27,32H,3-6,8,10,12-13H2,1-2H3,(H,29,30)/t16-,17-,18-,22+,23?,24-,25-/m0/s1. The number of Topliss-reactive ketones (excluding diaryl/α,β-unsaturated/α-hetero) is 1. The Labute approximate surface area is 192 Å². The monoisotopic (exact) mass is 460 g/mol. The van der Waals surface area contributed by atoms with Gasteiger partial charge in [-0.15, -0.1) is 0 Å². The number of aliphatic hydroxyl groups excluding tert-OH is 1. The Morgan fingerprint density at radius 2 is 1.91 bits per heavy atom. The van der Waals surface area contributed by atoms with Crippen molar-refractivity contribution in [1.29, 1.82) is 0 Å². The summed E-state index contributed by atoms with van der Waals surface area (Å²) in [5.74, 6) is -2.58. The minimum absolute atomic E-state index is 0.00645. The number of carbonyl (C=O) groups is 4. The van der Waals surface area contributed by atoms with E-state index >= 15 is 0 Å². The van der Waals surface area contributed by atoms with E-state index in [9.17, 15) is 29.4 Å². The molecular weight excluding hydrogens is 428 g/mol. The predicted molar refractivity (Wildman–Crippen MR) is 116 cm³/mol. The fourth-order valence-electron chi connectivity index (χ4n) is 7.34. The molecule has 3 N–H and O–H groups in total. The summed E-state index contributed by atoms with van der Waals surface area (Å²) in [7, 11) is 0. The first-order valence-electron chi connectivity index (χ1n) is 11.7. The number of hydrogen-bond acceptors (Lipinski definition) is 7. The van der Waals surface area contributed by atoms with Gasteiger partial charge in [-0.25, -0.2) is 0 Å². The summed E-state index contributed by atoms with van der Waals surface area (Å²) in [5.41, 5.74) is -1.99. The molecule has 0 bridgehead atoms. The van der Waals surface area contributed by atoms with E-state index < -0.39 is 46.9 Å². The lowest BCUT2D eigenvalue weighted by molar-refractivity contribution is -0.181. The maximum absolute atomic E-state index is 13.1. The molecule has 0 amide bonds. The smallest absolute Gasteiger partial charge is 0.306 e. The van der Waals surface area contributed by atoms with Crippen molar-refractivity contribution in [1.82, 2.24) is 0 Å². The highest BCUT2D eigenvalue weighted by molar-refractivity contribution is 6.01. The first-order chi connectivity index (χ1) is 15.4. The normalized spacial score (nSPS) is 41.5. The Morgan fingerprint density at radius 1 is 1.18 bits per heavy atom. The minimum Gasteiger partial charge on any atom is -0.481 e. The molecule has 1 unspecified atom stereocenters. The Morgan fingerprint density at radius 3 is 2.61 bits per heavy atom. The third kappa shape index (κ3) is 3.67. The number of ketones is 2. The van der Waals surface area contributed by atoms with Crippen molar-refractivity contribution in [3.05, 3.63) is 23.8 Å². The van der Waals surface area contributed by atoms with Crippen molar-refractivity contribution in [2.24, 2.45) is 28.6 Å². The number of allylic oxidation sites excluding steroid dienone is 4. The summed E-state index contributed by atoms with van der Waals surface area (Å²) in [6.45, 7) is 3.30. The van der Waals surface area contributed by atoms with Gasteiger partial charge in [0.25, 0.3) is 0 Å². The molecular formula is C25H32O8. The van der Waals surface area contributed by atoms with Crippen LogP contribution in [0.5, 0.6) is 0 Å². The van der Waals surface area contributed by atoms with Crippen molar-refractivity contribution >= 4 is 23.5 Å². The number of carboxylic acid groups (broad SMARTS) is 1. The molecule has 0 aromatic heterocycles. The highest BCUT2D eigenvalue weighted by Gasteiger charge is 2.68. The zero-order valence-electron chi connectivity index (χ0n) is 19.1. The van der Waals surface area contributed by atoms with E-state index in [4.69, 9.17) is 9.84 Å². The van der Waals surface area contributed by atoms with Gasteiger partial charge in [-0.2, -0.15) is 0 Å². The summed E-state index contributed by atoms with van der Waals surface area (Å²) in [4.78, 5) is 47.4. The fraction of sp³-hybridized carbons (Fsp3) is 0.680. The molecule has 0 heterocycles. The Kier molecular flexibility index (Phi) is 5.90. The molecule has 0 radical (unpaired) electrons. The van der Waals surface area contributed by atoms with Crippen LogP contribution in [0.15, 0.2) is 23.8 Å². The molecule has 3 saturated carbocycles. The number of rotatable bonds is 6. The SMILES string of the molecule is CC12C=CC(=O)C=C1CC[C@@H]1[C@@H]2[C@@H](O)C[C@@]2(C)[C@H]1CC[C@]2(O)C(=O)COC(=O)CCC(=O)O. The highest BCUT2D eigenvalue weighted by atomic mass is 16.5.